The maximum Gasteiger partial charge on any atom is 0.392 e. The number of nitrogens with zero attached hydrogens (tertiary/aromatic N) is 3. The summed E-state index contributed by atoms with van der Waals surface area (Å²) in [6.45, 7) is 0.348. The molecule has 1 amide bonds. The van der Waals surface area contributed by atoms with Crippen LogP contribution < -0.4 is 5.32 Å². The highest BCUT2D eigenvalue weighted by Gasteiger charge is 2.42. The van der Waals surface area contributed by atoms with E-state index < -0.39 is 12.1 Å². The molecule has 0 radical (unpaired) electrons. The van der Waals surface area contributed by atoms with Crippen molar-refractivity contribution >= 4 is 33.2 Å². The number of carbonyl (C=O) groups excluding carboxylic acids is 1. The van der Waals surface area contributed by atoms with E-state index in [1.54, 1.807) is 16.0 Å². The van der Waals surface area contributed by atoms with Crippen molar-refractivity contribution in [1.82, 2.24) is 20.1 Å². The summed E-state index contributed by atoms with van der Waals surface area (Å²) in [6.07, 6.45) is -4.37. The number of fused-ring (bicyclic) bond motifs is 1. The minimum absolute atomic E-state index is 0.00730. The molecule has 124 valence electrons. The van der Waals surface area contributed by atoms with Crippen LogP contribution in [-0.2, 0) is 19.5 Å². The molecule has 3 rings (SSSR count). The Morgan fingerprint density at radius 1 is 1.48 bits per heavy atom. The number of carbonyl (C=O) groups is 1. The number of amides is 1. The summed E-state index contributed by atoms with van der Waals surface area (Å²) < 4.78 is 40.8. The molecule has 10 heteroatoms. The van der Waals surface area contributed by atoms with Crippen LogP contribution in [-0.4, -0.2) is 26.8 Å². The molecule has 1 atom stereocenters. The summed E-state index contributed by atoms with van der Waals surface area (Å²) in [5.74, 6) is -0.821. The van der Waals surface area contributed by atoms with Gasteiger partial charge < -0.3 is 9.88 Å². The first-order chi connectivity index (χ1) is 10.8. The molecule has 0 unspecified atom stereocenters. The van der Waals surface area contributed by atoms with Crippen molar-refractivity contribution in [2.75, 3.05) is 0 Å². The lowest BCUT2D eigenvalue weighted by Gasteiger charge is -2.25. The lowest BCUT2D eigenvalue weighted by atomic mass is 9.97. The zero-order valence-corrected chi connectivity index (χ0v) is 14.1. The van der Waals surface area contributed by atoms with Crippen LogP contribution in [0.2, 0.25) is 0 Å². The summed E-state index contributed by atoms with van der Waals surface area (Å²) >= 11 is 4.57. The highest BCUT2D eigenvalue weighted by Crippen LogP contribution is 2.34. The molecule has 0 saturated heterocycles. The van der Waals surface area contributed by atoms with Gasteiger partial charge in [-0.1, -0.05) is 0 Å². The molecule has 1 aliphatic heterocycles. The lowest BCUT2D eigenvalue weighted by molar-refractivity contribution is -0.179. The van der Waals surface area contributed by atoms with Crippen molar-refractivity contribution in [3.8, 4) is 0 Å². The number of hydrogen-bond acceptors (Lipinski definition) is 4. The van der Waals surface area contributed by atoms with Gasteiger partial charge in [-0.05, 0) is 28.4 Å². The molecule has 23 heavy (non-hydrogen) atoms. The molecule has 2 aromatic rings. The number of thiophene rings is 1. The summed E-state index contributed by atoms with van der Waals surface area (Å²) in [5.41, 5.74) is 0. The van der Waals surface area contributed by atoms with Crippen molar-refractivity contribution < 1.29 is 18.0 Å². The van der Waals surface area contributed by atoms with Crippen molar-refractivity contribution in [2.45, 2.75) is 32.1 Å². The van der Waals surface area contributed by atoms with E-state index >= 15 is 0 Å². The van der Waals surface area contributed by atoms with Gasteiger partial charge in [-0.2, -0.15) is 13.2 Å². The first-order valence-corrected chi connectivity index (χ1v) is 8.52. The topological polar surface area (TPSA) is 59.8 Å². The van der Waals surface area contributed by atoms with Crippen LogP contribution in [0.4, 0.5) is 13.2 Å². The zero-order valence-electron chi connectivity index (χ0n) is 11.7. The van der Waals surface area contributed by atoms with Crippen LogP contribution in [0.3, 0.4) is 0 Å². The number of aromatic nitrogens is 3. The monoisotopic (exact) mass is 408 g/mol. The standard InChI is InChI=1S/C13H12BrF3N4OS/c14-8-4-9(23-6-8)12(22)18-5-11-20-19-10-3-7(13(15,16)17)1-2-21(10)11/h4,6-7H,1-3,5H2,(H,18,22)/t7-/m0/s1. The van der Waals surface area contributed by atoms with E-state index in [1.807, 2.05) is 0 Å². The molecule has 3 heterocycles. The van der Waals surface area contributed by atoms with Crippen LogP contribution in [0.5, 0.6) is 0 Å². The summed E-state index contributed by atoms with van der Waals surface area (Å²) in [4.78, 5) is 12.5. The third-order valence-corrected chi connectivity index (χ3v) is 5.39. The van der Waals surface area contributed by atoms with Crippen LogP contribution in [0.15, 0.2) is 15.9 Å². The lowest BCUT2D eigenvalue weighted by Crippen LogP contribution is -2.32. The Kier molecular flexibility index (Phi) is 4.45. The first kappa shape index (κ1) is 16.4. The number of hydrogen-bond donors (Lipinski definition) is 1. The van der Waals surface area contributed by atoms with Gasteiger partial charge in [0.2, 0.25) is 0 Å². The van der Waals surface area contributed by atoms with Crippen LogP contribution in [0.25, 0.3) is 0 Å². The van der Waals surface area contributed by atoms with E-state index in [-0.39, 0.29) is 31.8 Å². The second-order valence-corrected chi connectivity index (χ2v) is 7.05. The van der Waals surface area contributed by atoms with Gasteiger partial charge in [0.15, 0.2) is 5.82 Å². The van der Waals surface area contributed by atoms with Crippen molar-refractivity contribution in [3.05, 3.63) is 32.4 Å². The minimum atomic E-state index is -4.21. The van der Waals surface area contributed by atoms with E-state index in [0.29, 0.717) is 16.5 Å². The quantitative estimate of drug-likeness (QED) is 0.848. The molecule has 0 aromatic carbocycles. The van der Waals surface area contributed by atoms with Gasteiger partial charge in [0, 0.05) is 22.8 Å². The van der Waals surface area contributed by atoms with E-state index in [4.69, 9.17) is 0 Å². The number of alkyl halides is 3. The molecule has 0 fully saturated rings. The van der Waals surface area contributed by atoms with E-state index in [0.717, 1.165) is 4.47 Å². The van der Waals surface area contributed by atoms with Crippen LogP contribution in [0, 0.1) is 5.92 Å². The van der Waals surface area contributed by atoms with Crippen LogP contribution in [0.1, 0.15) is 27.7 Å². The van der Waals surface area contributed by atoms with Gasteiger partial charge >= 0.3 is 6.18 Å². The Bertz CT molecular complexity index is 727. The second kappa shape index (κ2) is 6.23. The average Bonchev–Trinajstić information content (AvgIpc) is 3.09. The zero-order chi connectivity index (χ0) is 16.6. The largest absolute Gasteiger partial charge is 0.392 e. The van der Waals surface area contributed by atoms with Crippen molar-refractivity contribution in [2.24, 2.45) is 5.92 Å². The number of halogens is 4. The maximum absolute atomic E-state index is 12.8. The second-order valence-electron chi connectivity index (χ2n) is 5.23. The smallest absolute Gasteiger partial charge is 0.344 e. The van der Waals surface area contributed by atoms with Crippen molar-refractivity contribution in [1.29, 1.82) is 0 Å². The number of nitrogens with one attached hydrogen (secondary N) is 1. The maximum atomic E-state index is 12.8. The summed E-state index contributed by atoms with van der Waals surface area (Å²) in [7, 11) is 0. The Labute approximate surface area is 142 Å². The molecule has 2 aromatic heterocycles. The third-order valence-electron chi connectivity index (χ3n) is 3.70. The van der Waals surface area contributed by atoms with Crippen LogP contribution >= 0.6 is 27.3 Å². The van der Waals surface area contributed by atoms with Gasteiger partial charge in [-0.15, -0.1) is 21.5 Å². The van der Waals surface area contributed by atoms with Gasteiger partial charge in [-0.25, -0.2) is 0 Å². The molecule has 1 N–H and O–H groups in total. The Morgan fingerprint density at radius 3 is 2.91 bits per heavy atom. The normalized spacial score (nSPS) is 17.8. The predicted molar refractivity (Wildman–Crippen MR) is 81.1 cm³/mol. The fraction of sp³-hybridized carbons (Fsp3) is 0.462. The third kappa shape index (κ3) is 3.57. The molecule has 0 aliphatic carbocycles. The van der Waals surface area contributed by atoms with Gasteiger partial charge in [-0.3, -0.25) is 4.79 Å². The fourth-order valence-electron chi connectivity index (χ4n) is 2.48. The summed E-state index contributed by atoms with van der Waals surface area (Å²) in [6, 6.07) is 1.70. The molecule has 0 bridgehead atoms. The van der Waals surface area contributed by atoms with E-state index in [2.05, 4.69) is 31.4 Å². The molecular weight excluding hydrogens is 397 g/mol. The molecular formula is C13H12BrF3N4OS. The molecule has 0 spiro atoms. The summed E-state index contributed by atoms with van der Waals surface area (Å²) in [5, 5.41) is 12.3. The van der Waals surface area contributed by atoms with Gasteiger partial charge in [0.25, 0.3) is 5.91 Å². The average molecular weight is 409 g/mol. The predicted octanol–water partition coefficient (Wildman–Crippen LogP) is 3.16. The molecule has 1 aliphatic rings. The highest BCUT2D eigenvalue weighted by molar-refractivity contribution is 9.10. The Balaban J connectivity index is 1.65. The minimum Gasteiger partial charge on any atom is -0.344 e. The van der Waals surface area contributed by atoms with E-state index in [1.165, 1.54) is 11.3 Å². The molecule has 5 nitrogen and oxygen atoms in total. The Morgan fingerprint density at radius 2 is 2.26 bits per heavy atom. The first-order valence-electron chi connectivity index (χ1n) is 6.84. The SMILES string of the molecule is O=C(NCc1nnc2n1CC[C@H](C(F)(F)F)C2)c1cc(Br)cs1. The fourth-order valence-corrected chi connectivity index (χ4v) is 3.82. The molecule has 0 saturated carbocycles. The van der Waals surface area contributed by atoms with Crippen molar-refractivity contribution in [3.63, 3.8) is 0 Å². The number of rotatable bonds is 3. The Hall–Kier alpha value is -1.42. The van der Waals surface area contributed by atoms with Gasteiger partial charge in [0.05, 0.1) is 17.3 Å². The van der Waals surface area contributed by atoms with E-state index in [9.17, 15) is 18.0 Å². The highest BCUT2D eigenvalue weighted by atomic mass is 79.9. The van der Waals surface area contributed by atoms with Gasteiger partial charge in [0.1, 0.15) is 5.82 Å².